The molecule has 0 bridgehead atoms. The summed E-state index contributed by atoms with van der Waals surface area (Å²) in [6.45, 7) is -0.276. The summed E-state index contributed by atoms with van der Waals surface area (Å²) in [6.07, 6.45) is 1.48. The summed E-state index contributed by atoms with van der Waals surface area (Å²) in [7, 11) is -3.09. The van der Waals surface area contributed by atoms with Crippen molar-refractivity contribution in [3.05, 3.63) is 0 Å². The number of amides is 1. The molecular formula is C9H16N2O6S. The fraction of sp³-hybridized carbons (Fsp3) is 0.778. The fourth-order valence-corrected chi connectivity index (χ4v) is 3.19. The van der Waals surface area contributed by atoms with Gasteiger partial charge in [-0.15, -0.1) is 0 Å². The summed E-state index contributed by atoms with van der Waals surface area (Å²) >= 11 is 0. The molecule has 18 heavy (non-hydrogen) atoms. The zero-order valence-corrected chi connectivity index (χ0v) is 10.6. The molecule has 0 unspecified atom stereocenters. The molecule has 0 aromatic heterocycles. The Labute approximate surface area is 106 Å². The molecule has 1 rings (SSSR count). The second-order valence-electron chi connectivity index (χ2n) is 4.18. The standard InChI is InChI=1S/C9H16N2O6S/c12-7(13)3-6-11(18(16)17)9(8(14)10-15)4-1-2-5-9/h15,18H,1-6H2,(H,10,14)(H,12,13). The van der Waals surface area contributed by atoms with Gasteiger partial charge in [-0.2, -0.15) is 4.31 Å². The van der Waals surface area contributed by atoms with Crippen LogP contribution in [-0.2, 0) is 20.5 Å². The molecule has 104 valence electrons. The molecule has 3 N–H and O–H groups in total. The Hall–Kier alpha value is -1.19. The number of nitrogens with one attached hydrogen (secondary N) is 1. The molecule has 0 spiro atoms. The number of hydrogen-bond donors (Lipinski definition) is 4. The van der Waals surface area contributed by atoms with E-state index in [0.717, 1.165) is 4.31 Å². The molecule has 8 nitrogen and oxygen atoms in total. The molecule has 0 saturated heterocycles. The van der Waals surface area contributed by atoms with Crippen LogP contribution in [0.3, 0.4) is 0 Å². The Balaban J connectivity index is 2.98. The van der Waals surface area contributed by atoms with Crippen LogP contribution in [0.15, 0.2) is 0 Å². The van der Waals surface area contributed by atoms with Gasteiger partial charge in [0.15, 0.2) is 0 Å². The molecule has 1 aliphatic rings. The van der Waals surface area contributed by atoms with Crippen molar-refractivity contribution in [1.82, 2.24) is 9.79 Å². The maximum Gasteiger partial charge on any atom is 0.304 e. The Bertz CT molecular complexity index is 394. The summed E-state index contributed by atoms with van der Waals surface area (Å²) < 4.78 is 23.3. The molecule has 1 fully saturated rings. The fourth-order valence-electron chi connectivity index (χ4n) is 2.32. The molecule has 0 atom stereocenters. The largest absolute Gasteiger partial charge is 0.481 e. The van der Waals surface area contributed by atoms with Crippen molar-refractivity contribution in [2.45, 2.75) is 37.6 Å². The molecule has 0 aromatic rings. The van der Waals surface area contributed by atoms with Crippen molar-refractivity contribution in [2.24, 2.45) is 0 Å². The van der Waals surface area contributed by atoms with Crippen molar-refractivity contribution < 1.29 is 28.3 Å². The first-order valence-corrected chi connectivity index (χ1v) is 6.65. The Morgan fingerprint density at radius 3 is 2.22 bits per heavy atom. The Morgan fingerprint density at radius 1 is 1.28 bits per heavy atom. The first-order chi connectivity index (χ1) is 8.44. The van der Waals surface area contributed by atoms with Crippen LogP contribution in [0, 0.1) is 0 Å². The van der Waals surface area contributed by atoms with Gasteiger partial charge in [-0.3, -0.25) is 14.8 Å². The number of thiol groups is 1. The van der Waals surface area contributed by atoms with Crippen molar-refractivity contribution >= 4 is 22.8 Å². The van der Waals surface area contributed by atoms with E-state index in [2.05, 4.69) is 0 Å². The van der Waals surface area contributed by atoms with Gasteiger partial charge in [0.2, 0.25) is 10.9 Å². The molecule has 1 amide bonds. The minimum Gasteiger partial charge on any atom is -0.481 e. The highest BCUT2D eigenvalue weighted by molar-refractivity contribution is 7.70. The van der Waals surface area contributed by atoms with Crippen LogP contribution in [0.25, 0.3) is 0 Å². The maximum atomic E-state index is 11.7. The Morgan fingerprint density at radius 2 is 1.83 bits per heavy atom. The molecule has 1 saturated carbocycles. The number of nitrogens with zero attached hydrogens (tertiary/aromatic N) is 1. The molecule has 9 heteroatoms. The van der Waals surface area contributed by atoms with Crippen molar-refractivity contribution in [2.75, 3.05) is 6.54 Å². The monoisotopic (exact) mass is 280 g/mol. The lowest BCUT2D eigenvalue weighted by Gasteiger charge is -2.34. The third-order valence-electron chi connectivity index (χ3n) is 3.18. The summed E-state index contributed by atoms with van der Waals surface area (Å²) in [6, 6.07) is 0. The van der Waals surface area contributed by atoms with Gasteiger partial charge in [-0.1, -0.05) is 12.8 Å². The molecule has 0 radical (unpaired) electrons. The minimum atomic E-state index is -3.09. The third kappa shape index (κ3) is 2.98. The topological polar surface area (TPSA) is 124 Å². The first-order valence-electron chi connectivity index (χ1n) is 5.52. The van der Waals surface area contributed by atoms with Crippen molar-refractivity contribution in [3.63, 3.8) is 0 Å². The zero-order chi connectivity index (χ0) is 13.8. The lowest BCUT2D eigenvalue weighted by atomic mass is 9.96. The zero-order valence-electron chi connectivity index (χ0n) is 9.66. The van der Waals surface area contributed by atoms with Crippen LogP contribution in [0.4, 0.5) is 0 Å². The second kappa shape index (κ2) is 6.12. The predicted molar refractivity (Wildman–Crippen MR) is 60.4 cm³/mol. The van der Waals surface area contributed by atoms with E-state index in [0.29, 0.717) is 12.8 Å². The van der Waals surface area contributed by atoms with Gasteiger partial charge in [-0.25, -0.2) is 13.9 Å². The number of hydroxylamine groups is 1. The number of carboxylic acid groups (broad SMARTS) is 1. The van der Waals surface area contributed by atoms with E-state index in [-0.39, 0.29) is 25.8 Å². The summed E-state index contributed by atoms with van der Waals surface area (Å²) in [4.78, 5) is 22.2. The van der Waals surface area contributed by atoms with E-state index < -0.39 is 28.3 Å². The van der Waals surface area contributed by atoms with Crippen molar-refractivity contribution in [3.8, 4) is 0 Å². The normalized spacial score (nSPS) is 18.2. The summed E-state index contributed by atoms with van der Waals surface area (Å²) in [5, 5.41) is 17.3. The lowest BCUT2D eigenvalue weighted by Crippen LogP contribution is -2.56. The van der Waals surface area contributed by atoms with E-state index in [1.165, 1.54) is 5.48 Å². The lowest BCUT2D eigenvalue weighted by molar-refractivity contribution is -0.141. The van der Waals surface area contributed by atoms with Crippen LogP contribution in [0.2, 0.25) is 0 Å². The summed E-state index contributed by atoms with van der Waals surface area (Å²) in [5.74, 6) is -1.95. The molecular weight excluding hydrogens is 264 g/mol. The second-order valence-corrected chi connectivity index (χ2v) is 5.14. The number of carboxylic acids is 1. The quantitative estimate of drug-likeness (QED) is 0.284. The van der Waals surface area contributed by atoms with E-state index in [1.807, 2.05) is 0 Å². The number of carbonyl (C=O) groups is 2. The highest BCUT2D eigenvalue weighted by Gasteiger charge is 2.47. The SMILES string of the molecule is O=C(O)CCN([SH](=O)=O)C1(C(=O)NO)CCCC1. The maximum absolute atomic E-state index is 11.7. The van der Waals surface area contributed by atoms with Gasteiger partial charge in [0.05, 0.1) is 6.42 Å². The van der Waals surface area contributed by atoms with Gasteiger partial charge in [-0.05, 0) is 12.8 Å². The van der Waals surface area contributed by atoms with Crippen molar-refractivity contribution in [1.29, 1.82) is 0 Å². The van der Waals surface area contributed by atoms with Gasteiger partial charge in [0.25, 0.3) is 5.91 Å². The summed E-state index contributed by atoms with van der Waals surface area (Å²) in [5.41, 5.74) is 0.127. The van der Waals surface area contributed by atoms with Crippen LogP contribution < -0.4 is 5.48 Å². The molecule has 0 heterocycles. The van der Waals surface area contributed by atoms with Crippen LogP contribution in [0.5, 0.6) is 0 Å². The predicted octanol–water partition coefficient (Wildman–Crippen LogP) is -0.892. The van der Waals surface area contributed by atoms with E-state index >= 15 is 0 Å². The number of aliphatic carboxylic acids is 1. The minimum absolute atomic E-state index is 0.276. The number of hydrogen-bond acceptors (Lipinski definition) is 5. The van der Waals surface area contributed by atoms with Gasteiger partial charge >= 0.3 is 5.97 Å². The highest BCUT2D eigenvalue weighted by atomic mass is 32.2. The van der Waals surface area contributed by atoms with Gasteiger partial charge < -0.3 is 5.11 Å². The number of carbonyl (C=O) groups excluding carboxylic acids is 1. The van der Waals surface area contributed by atoms with Gasteiger partial charge in [0.1, 0.15) is 5.54 Å². The molecule has 0 aliphatic heterocycles. The smallest absolute Gasteiger partial charge is 0.304 e. The van der Waals surface area contributed by atoms with E-state index in [9.17, 15) is 18.0 Å². The van der Waals surface area contributed by atoms with Crippen LogP contribution in [0.1, 0.15) is 32.1 Å². The average Bonchev–Trinajstić information content (AvgIpc) is 2.77. The highest BCUT2D eigenvalue weighted by Crippen LogP contribution is 2.35. The third-order valence-corrected chi connectivity index (χ3v) is 4.16. The van der Waals surface area contributed by atoms with E-state index in [1.54, 1.807) is 0 Å². The van der Waals surface area contributed by atoms with E-state index in [4.69, 9.17) is 10.3 Å². The average molecular weight is 280 g/mol. The number of rotatable bonds is 6. The van der Waals surface area contributed by atoms with Crippen LogP contribution in [-0.4, -0.2) is 47.0 Å². The van der Waals surface area contributed by atoms with Gasteiger partial charge in [0, 0.05) is 6.54 Å². The van der Waals surface area contributed by atoms with Crippen LogP contribution >= 0.6 is 0 Å². The molecule has 0 aromatic carbocycles. The Kier molecular flexibility index (Phi) is 5.05. The molecule has 1 aliphatic carbocycles. The first kappa shape index (κ1) is 14.9.